The molecule has 3 heterocycles. The van der Waals surface area contributed by atoms with Crippen LogP contribution in [0.25, 0.3) is 0 Å². The van der Waals surface area contributed by atoms with Gasteiger partial charge < -0.3 is 15.0 Å². The Morgan fingerprint density at radius 2 is 2.00 bits per heavy atom. The number of nitrogens with one attached hydrogen (secondary N) is 1. The Morgan fingerprint density at radius 1 is 1.17 bits per heavy atom. The standard InChI is InChI=1S/C17H21N5O2/c1-24-17-6-5-14(12-19-17)20-16(23)13-21-8-10-22(11-9-21)15-4-2-3-7-18-15/h2-7,12H,8-11,13H2,1H3,(H,20,23). The Bertz CT molecular complexity index is 654. The number of rotatable bonds is 5. The van der Waals surface area contributed by atoms with E-state index in [-0.39, 0.29) is 5.91 Å². The number of ether oxygens (including phenoxy) is 1. The van der Waals surface area contributed by atoms with Gasteiger partial charge in [0.15, 0.2) is 0 Å². The molecule has 3 rings (SSSR count). The van der Waals surface area contributed by atoms with E-state index in [1.165, 1.54) is 0 Å². The largest absolute Gasteiger partial charge is 0.481 e. The highest BCUT2D eigenvalue weighted by molar-refractivity contribution is 5.92. The van der Waals surface area contributed by atoms with Crippen LogP contribution in [0.1, 0.15) is 0 Å². The summed E-state index contributed by atoms with van der Waals surface area (Å²) in [5.74, 6) is 1.48. The molecule has 1 N–H and O–H groups in total. The summed E-state index contributed by atoms with van der Waals surface area (Å²) >= 11 is 0. The lowest BCUT2D eigenvalue weighted by Gasteiger charge is -2.34. The second kappa shape index (κ2) is 7.74. The number of hydrogen-bond acceptors (Lipinski definition) is 6. The third kappa shape index (κ3) is 4.20. The molecule has 0 spiro atoms. The molecular formula is C17H21N5O2. The van der Waals surface area contributed by atoms with Crippen molar-refractivity contribution < 1.29 is 9.53 Å². The van der Waals surface area contributed by atoms with Crippen LogP contribution in [0.4, 0.5) is 11.5 Å². The fraction of sp³-hybridized carbons (Fsp3) is 0.353. The lowest BCUT2D eigenvalue weighted by molar-refractivity contribution is -0.117. The summed E-state index contributed by atoms with van der Waals surface area (Å²) in [4.78, 5) is 25.0. The van der Waals surface area contributed by atoms with E-state index in [2.05, 4.69) is 25.1 Å². The van der Waals surface area contributed by atoms with Crippen LogP contribution in [0.2, 0.25) is 0 Å². The Labute approximate surface area is 141 Å². The molecule has 0 aromatic carbocycles. The summed E-state index contributed by atoms with van der Waals surface area (Å²) in [5.41, 5.74) is 0.674. The number of aromatic nitrogens is 2. The molecule has 1 aliphatic rings. The Balaban J connectivity index is 1.46. The van der Waals surface area contributed by atoms with Crippen LogP contribution in [0, 0.1) is 0 Å². The molecule has 24 heavy (non-hydrogen) atoms. The van der Waals surface area contributed by atoms with Crippen molar-refractivity contribution in [3.05, 3.63) is 42.7 Å². The average molecular weight is 327 g/mol. The molecule has 126 valence electrons. The molecule has 0 atom stereocenters. The van der Waals surface area contributed by atoms with E-state index in [1.54, 1.807) is 31.6 Å². The summed E-state index contributed by atoms with van der Waals surface area (Å²) in [7, 11) is 1.56. The van der Waals surface area contributed by atoms with Crippen molar-refractivity contribution >= 4 is 17.4 Å². The molecule has 0 radical (unpaired) electrons. The van der Waals surface area contributed by atoms with Gasteiger partial charge in [-0.3, -0.25) is 9.69 Å². The minimum atomic E-state index is -0.0340. The van der Waals surface area contributed by atoms with Crippen molar-refractivity contribution in [1.82, 2.24) is 14.9 Å². The third-order valence-corrected chi connectivity index (χ3v) is 3.94. The molecule has 7 nitrogen and oxygen atoms in total. The maximum absolute atomic E-state index is 12.1. The van der Waals surface area contributed by atoms with Crippen molar-refractivity contribution in [3.63, 3.8) is 0 Å². The van der Waals surface area contributed by atoms with E-state index in [0.717, 1.165) is 32.0 Å². The van der Waals surface area contributed by atoms with E-state index in [1.807, 2.05) is 18.2 Å². The fourth-order valence-corrected chi connectivity index (χ4v) is 2.65. The number of carbonyl (C=O) groups excluding carboxylic acids is 1. The number of piperazine rings is 1. The summed E-state index contributed by atoms with van der Waals surface area (Å²) in [6, 6.07) is 9.42. The zero-order valence-electron chi connectivity index (χ0n) is 13.7. The van der Waals surface area contributed by atoms with Gasteiger partial charge in [-0.2, -0.15) is 0 Å². The molecule has 2 aromatic rings. The molecule has 2 aromatic heterocycles. The molecule has 1 amide bonds. The van der Waals surface area contributed by atoms with E-state index < -0.39 is 0 Å². The van der Waals surface area contributed by atoms with E-state index >= 15 is 0 Å². The highest BCUT2D eigenvalue weighted by Gasteiger charge is 2.19. The molecular weight excluding hydrogens is 306 g/mol. The molecule has 0 bridgehead atoms. The molecule has 0 aliphatic carbocycles. The van der Waals surface area contributed by atoms with Crippen LogP contribution < -0.4 is 15.0 Å². The first-order valence-electron chi connectivity index (χ1n) is 7.93. The van der Waals surface area contributed by atoms with Gasteiger partial charge in [-0.25, -0.2) is 9.97 Å². The zero-order valence-corrected chi connectivity index (χ0v) is 13.7. The van der Waals surface area contributed by atoms with Crippen LogP contribution >= 0.6 is 0 Å². The van der Waals surface area contributed by atoms with Gasteiger partial charge in [0.05, 0.1) is 25.5 Å². The molecule has 1 aliphatic heterocycles. The number of amides is 1. The molecule has 1 saturated heterocycles. The lowest BCUT2D eigenvalue weighted by Crippen LogP contribution is -2.48. The average Bonchev–Trinajstić information content (AvgIpc) is 2.64. The lowest BCUT2D eigenvalue weighted by atomic mass is 10.3. The second-order valence-corrected chi connectivity index (χ2v) is 5.59. The van der Waals surface area contributed by atoms with Crippen molar-refractivity contribution in [1.29, 1.82) is 0 Å². The smallest absolute Gasteiger partial charge is 0.238 e. The van der Waals surface area contributed by atoms with Gasteiger partial charge >= 0.3 is 0 Å². The van der Waals surface area contributed by atoms with Crippen LogP contribution in [0.5, 0.6) is 5.88 Å². The van der Waals surface area contributed by atoms with Crippen LogP contribution in [0.3, 0.4) is 0 Å². The van der Waals surface area contributed by atoms with Gasteiger partial charge in [-0.05, 0) is 18.2 Å². The Hall–Kier alpha value is -2.67. The molecule has 1 fully saturated rings. The zero-order chi connectivity index (χ0) is 16.8. The summed E-state index contributed by atoms with van der Waals surface area (Å²) < 4.78 is 5.00. The predicted molar refractivity (Wildman–Crippen MR) is 92.3 cm³/mol. The van der Waals surface area contributed by atoms with Gasteiger partial charge in [-0.15, -0.1) is 0 Å². The van der Waals surface area contributed by atoms with Crippen molar-refractivity contribution in [3.8, 4) is 5.88 Å². The minimum absolute atomic E-state index is 0.0340. The molecule has 0 saturated carbocycles. The Morgan fingerprint density at radius 3 is 2.62 bits per heavy atom. The summed E-state index contributed by atoms with van der Waals surface area (Å²) in [6.45, 7) is 3.79. The quantitative estimate of drug-likeness (QED) is 0.891. The number of carbonyl (C=O) groups is 1. The van der Waals surface area contributed by atoms with E-state index in [4.69, 9.17) is 4.74 Å². The topological polar surface area (TPSA) is 70.6 Å². The maximum atomic E-state index is 12.1. The normalized spacial score (nSPS) is 15.1. The number of anilines is 2. The predicted octanol–water partition coefficient (Wildman–Crippen LogP) is 1.25. The first kappa shape index (κ1) is 16.2. The number of pyridine rings is 2. The van der Waals surface area contributed by atoms with Gasteiger partial charge in [0.25, 0.3) is 0 Å². The van der Waals surface area contributed by atoms with Crippen LogP contribution in [0.15, 0.2) is 42.7 Å². The van der Waals surface area contributed by atoms with E-state index in [9.17, 15) is 4.79 Å². The monoisotopic (exact) mass is 327 g/mol. The fourth-order valence-electron chi connectivity index (χ4n) is 2.65. The number of hydrogen-bond donors (Lipinski definition) is 1. The Kier molecular flexibility index (Phi) is 5.22. The van der Waals surface area contributed by atoms with Crippen molar-refractivity contribution in [2.75, 3.05) is 50.1 Å². The molecule has 0 unspecified atom stereocenters. The number of nitrogens with zero attached hydrogens (tertiary/aromatic N) is 4. The third-order valence-electron chi connectivity index (χ3n) is 3.94. The summed E-state index contributed by atoms with van der Waals surface area (Å²) in [6.07, 6.45) is 3.40. The first-order valence-corrected chi connectivity index (χ1v) is 7.93. The van der Waals surface area contributed by atoms with Gasteiger partial charge in [-0.1, -0.05) is 6.07 Å². The first-order chi connectivity index (χ1) is 11.7. The highest BCUT2D eigenvalue weighted by atomic mass is 16.5. The van der Waals surface area contributed by atoms with Crippen molar-refractivity contribution in [2.24, 2.45) is 0 Å². The van der Waals surface area contributed by atoms with E-state index in [0.29, 0.717) is 18.1 Å². The highest BCUT2D eigenvalue weighted by Crippen LogP contribution is 2.13. The maximum Gasteiger partial charge on any atom is 0.238 e. The number of methoxy groups -OCH3 is 1. The molecule has 7 heteroatoms. The summed E-state index contributed by atoms with van der Waals surface area (Å²) in [5, 5.41) is 2.86. The SMILES string of the molecule is COc1ccc(NC(=O)CN2CCN(c3ccccn3)CC2)cn1. The van der Waals surface area contributed by atoms with Crippen molar-refractivity contribution in [2.45, 2.75) is 0 Å². The van der Waals surface area contributed by atoms with Crippen LogP contribution in [-0.2, 0) is 4.79 Å². The minimum Gasteiger partial charge on any atom is -0.481 e. The van der Waals surface area contributed by atoms with Gasteiger partial charge in [0, 0.05) is 38.4 Å². The van der Waals surface area contributed by atoms with Gasteiger partial charge in [0.1, 0.15) is 5.82 Å². The van der Waals surface area contributed by atoms with Crippen LogP contribution in [-0.4, -0.2) is 60.6 Å². The van der Waals surface area contributed by atoms with Gasteiger partial charge in [0.2, 0.25) is 11.8 Å². The second-order valence-electron chi connectivity index (χ2n) is 5.59.